The summed E-state index contributed by atoms with van der Waals surface area (Å²) in [5, 5.41) is 3.47. The van der Waals surface area contributed by atoms with Crippen molar-refractivity contribution in [2.75, 3.05) is 19.6 Å². The summed E-state index contributed by atoms with van der Waals surface area (Å²) >= 11 is 6.36. The Labute approximate surface area is 223 Å². The molecule has 1 N–H and O–H groups in total. The quantitative estimate of drug-likeness (QED) is 0.420. The van der Waals surface area contributed by atoms with Gasteiger partial charge < -0.3 is 10.2 Å². The van der Waals surface area contributed by atoms with E-state index < -0.39 is 6.04 Å². The van der Waals surface area contributed by atoms with Gasteiger partial charge in [-0.3, -0.25) is 14.6 Å². The molecule has 3 unspecified atom stereocenters. The SMILES string of the molecule is CC(C)[C@@H](NC(=O)CCC1CN=C2C=CCCC2C1)C(=O)N1CCC(C2CCC(Cl)CC2)C(C)(C)C1. The molecule has 2 fully saturated rings. The van der Waals surface area contributed by atoms with Crippen molar-refractivity contribution in [3.63, 3.8) is 0 Å². The molecule has 0 aromatic rings. The van der Waals surface area contributed by atoms with E-state index in [-0.39, 0.29) is 23.1 Å². The Hall–Kier alpha value is -1.36. The zero-order valence-electron chi connectivity index (χ0n) is 23.0. The number of hydrogen-bond acceptors (Lipinski definition) is 3. The van der Waals surface area contributed by atoms with Gasteiger partial charge in [-0.2, -0.15) is 0 Å². The van der Waals surface area contributed by atoms with Crippen molar-refractivity contribution in [3.8, 4) is 0 Å². The predicted molar refractivity (Wildman–Crippen MR) is 148 cm³/mol. The van der Waals surface area contributed by atoms with Crippen LogP contribution in [-0.4, -0.2) is 53.5 Å². The van der Waals surface area contributed by atoms with Gasteiger partial charge in [-0.15, -0.1) is 11.6 Å². The second kappa shape index (κ2) is 12.0. The molecule has 4 atom stereocenters. The van der Waals surface area contributed by atoms with Gasteiger partial charge in [-0.25, -0.2) is 0 Å². The number of carbonyl (C=O) groups excluding carboxylic acids is 2. The van der Waals surface area contributed by atoms with Crippen LogP contribution in [0.1, 0.15) is 91.9 Å². The Kier molecular flexibility index (Phi) is 9.23. The summed E-state index contributed by atoms with van der Waals surface area (Å²) in [6.45, 7) is 11.1. The summed E-state index contributed by atoms with van der Waals surface area (Å²) in [6.07, 6.45) is 14.9. The number of carbonyl (C=O) groups is 2. The molecule has 0 aromatic carbocycles. The standard InChI is InChI=1S/C30H48ClN3O2/c1-20(2)28(33-27(35)14-9-21-17-23-7-5-6-8-26(23)32-18-21)29(36)34-16-15-25(30(3,4)19-34)22-10-12-24(31)13-11-22/h6,8,20-25,28H,5,7,9-19H2,1-4H3,(H,33,35)/t21?,22?,23?,24?,25?,28-/m1/s1. The van der Waals surface area contributed by atoms with Crippen LogP contribution in [0.2, 0.25) is 0 Å². The summed E-state index contributed by atoms with van der Waals surface area (Å²) < 4.78 is 0. The number of allylic oxidation sites excluding steroid dienone is 2. The minimum Gasteiger partial charge on any atom is -0.344 e. The third kappa shape index (κ3) is 6.74. The lowest BCUT2D eigenvalue weighted by molar-refractivity contribution is -0.142. The minimum absolute atomic E-state index is 0.00680. The summed E-state index contributed by atoms with van der Waals surface area (Å²) in [5.41, 5.74) is 1.34. The number of nitrogens with zero attached hydrogens (tertiary/aromatic N) is 2. The molecule has 1 saturated carbocycles. The molecule has 5 nitrogen and oxygen atoms in total. The first kappa shape index (κ1) is 27.7. The van der Waals surface area contributed by atoms with Crippen LogP contribution in [0.4, 0.5) is 0 Å². The Balaban J connectivity index is 1.28. The Morgan fingerprint density at radius 3 is 2.61 bits per heavy atom. The third-order valence-corrected chi connectivity index (χ3v) is 9.90. The normalized spacial score (nSPS) is 33.0. The Morgan fingerprint density at radius 2 is 1.92 bits per heavy atom. The van der Waals surface area contributed by atoms with E-state index in [2.05, 4.69) is 31.3 Å². The van der Waals surface area contributed by atoms with Crippen molar-refractivity contribution in [1.29, 1.82) is 0 Å². The number of nitrogens with one attached hydrogen (secondary N) is 1. The van der Waals surface area contributed by atoms with E-state index in [1.807, 2.05) is 18.7 Å². The highest BCUT2D eigenvalue weighted by Gasteiger charge is 2.43. The number of halogens is 1. The largest absolute Gasteiger partial charge is 0.344 e. The lowest BCUT2D eigenvalue weighted by atomic mass is 9.64. The van der Waals surface area contributed by atoms with Crippen molar-refractivity contribution < 1.29 is 9.59 Å². The number of alkyl halides is 1. The first-order valence-electron chi connectivity index (χ1n) is 14.6. The fraction of sp³-hybridized carbons (Fsp3) is 0.833. The highest BCUT2D eigenvalue weighted by atomic mass is 35.5. The maximum Gasteiger partial charge on any atom is 0.245 e. The number of aliphatic imine (C=N–C) groups is 1. The number of rotatable bonds is 7. The van der Waals surface area contributed by atoms with Crippen molar-refractivity contribution in [2.24, 2.45) is 40.0 Å². The highest BCUT2D eigenvalue weighted by molar-refractivity contribution is 6.20. The molecule has 2 heterocycles. The van der Waals surface area contributed by atoms with Gasteiger partial charge >= 0.3 is 0 Å². The van der Waals surface area contributed by atoms with E-state index in [0.717, 1.165) is 64.1 Å². The van der Waals surface area contributed by atoms with Crippen molar-refractivity contribution in [1.82, 2.24) is 10.2 Å². The van der Waals surface area contributed by atoms with Gasteiger partial charge in [-0.1, -0.05) is 33.8 Å². The van der Waals surface area contributed by atoms with Crippen LogP contribution >= 0.6 is 11.6 Å². The van der Waals surface area contributed by atoms with Gasteiger partial charge in [0.05, 0.1) is 0 Å². The lowest BCUT2D eigenvalue weighted by Crippen LogP contribution is -2.57. The molecule has 4 aliphatic rings. The number of likely N-dealkylation sites (tertiary alicyclic amines) is 1. The van der Waals surface area contributed by atoms with E-state index in [0.29, 0.717) is 29.6 Å². The molecule has 2 aliphatic heterocycles. The third-order valence-electron chi connectivity index (χ3n) is 9.46. The summed E-state index contributed by atoms with van der Waals surface area (Å²) in [5.74, 6) is 2.56. The second-order valence-electron chi connectivity index (χ2n) is 13.0. The fourth-order valence-corrected chi connectivity index (χ4v) is 7.59. The average Bonchev–Trinajstić information content (AvgIpc) is 2.85. The molecule has 0 spiro atoms. The van der Waals surface area contributed by atoms with Crippen LogP contribution in [-0.2, 0) is 9.59 Å². The van der Waals surface area contributed by atoms with Gasteiger partial charge in [-0.05, 0) is 93.0 Å². The topological polar surface area (TPSA) is 61.8 Å². The molecule has 6 heteroatoms. The van der Waals surface area contributed by atoms with Gasteiger partial charge in [0, 0.05) is 43.1 Å². The smallest absolute Gasteiger partial charge is 0.245 e. The Morgan fingerprint density at radius 1 is 1.17 bits per heavy atom. The maximum atomic E-state index is 13.6. The molecule has 0 radical (unpaired) electrons. The molecule has 1 saturated heterocycles. The first-order valence-corrected chi connectivity index (χ1v) is 15.0. The van der Waals surface area contributed by atoms with Crippen molar-refractivity contribution in [2.45, 2.75) is 103 Å². The number of piperidine rings is 1. The first-order chi connectivity index (χ1) is 17.1. The van der Waals surface area contributed by atoms with Gasteiger partial charge in [0.1, 0.15) is 6.04 Å². The monoisotopic (exact) mass is 517 g/mol. The van der Waals surface area contributed by atoms with Crippen LogP contribution in [0.3, 0.4) is 0 Å². The molecule has 0 aromatic heterocycles. The summed E-state index contributed by atoms with van der Waals surface area (Å²) in [4.78, 5) is 33.4. The van der Waals surface area contributed by atoms with Crippen molar-refractivity contribution in [3.05, 3.63) is 12.2 Å². The molecule has 202 valence electrons. The van der Waals surface area contributed by atoms with Crippen LogP contribution < -0.4 is 5.32 Å². The zero-order valence-corrected chi connectivity index (χ0v) is 23.7. The van der Waals surface area contributed by atoms with Crippen LogP contribution in [0.25, 0.3) is 0 Å². The number of hydrogen-bond donors (Lipinski definition) is 1. The molecule has 2 aliphatic carbocycles. The molecule has 4 rings (SSSR count). The highest BCUT2D eigenvalue weighted by Crippen LogP contribution is 2.45. The molecular weight excluding hydrogens is 470 g/mol. The fourth-order valence-electron chi connectivity index (χ4n) is 7.33. The average molecular weight is 518 g/mol. The molecular formula is C30H48ClN3O2. The van der Waals surface area contributed by atoms with E-state index in [1.54, 1.807) is 0 Å². The summed E-state index contributed by atoms with van der Waals surface area (Å²) in [6, 6.07) is -0.448. The Bertz CT molecular complexity index is 843. The minimum atomic E-state index is -0.448. The molecule has 0 bridgehead atoms. The zero-order chi connectivity index (χ0) is 25.9. The van der Waals surface area contributed by atoms with Crippen molar-refractivity contribution >= 4 is 29.1 Å². The number of fused-ring (bicyclic) bond motifs is 1. The van der Waals surface area contributed by atoms with E-state index in [1.165, 1.54) is 25.0 Å². The maximum absolute atomic E-state index is 13.6. The van der Waals surface area contributed by atoms with E-state index >= 15 is 0 Å². The lowest BCUT2D eigenvalue weighted by Gasteiger charge is -2.49. The van der Waals surface area contributed by atoms with Crippen LogP contribution in [0.15, 0.2) is 17.1 Å². The molecule has 2 amide bonds. The number of amides is 2. The van der Waals surface area contributed by atoms with Gasteiger partial charge in [0.25, 0.3) is 0 Å². The molecule has 36 heavy (non-hydrogen) atoms. The van der Waals surface area contributed by atoms with E-state index in [9.17, 15) is 9.59 Å². The van der Waals surface area contributed by atoms with Crippen LogP contribution in [0.5, 0.6) is 0 Å². The summed E-state index contributed by atoms with van der Waals surface area (Å²) in [7, 11) is 0. The second-order valence-corrected chi connectivity index (χ2v) is 13.6. The van der Waals surface area contributed by atoms with Gasteiger partial charge in [0.15, 0.2) is 0 Å². The van der Waals surface area contributed by atoms with Gasteiger partial charge in [0.2, 0.25) is 11.8 Å². The van der Waals surface area contributed by atoms with Crippen LogP contribution in [0, 0.1) is 35.0 Å². The van der Waals surface area contributed by atoms with E-state index in [4.69, 9.17) is 16.6 Å². The predicted octanol–water partition coefficient (Wildman–Crippen LogP) is 6.01.